The summed E-state index contributed by atoms with van der Waals surface area (Å²) < 4.78 is 2.72. The first kappa shape index (κ1) is 23.2. The quantitative estimate of drug-likeness (QED) is 0.403. The lowest BCUT2D eigenvalue weighted by Crippen LogP contribution is -2.48. The average Bonchev–Trinajstić information content (AvgIpc) is 3.50. The first-order valence-electron chi connectivity index (χ1n) is 11.9. The summed E-state index contributed by atoms with van der Waals surface area (Å²) in [6.07, 6.45) is 2.31. The number of benzene rings is 2. The van der Waals surface area contributed by atoms with Crippen molar-refractivity contribution < 1.29 is 14.4 Å². The Balaban J connectivity index is 1.29. The van der Waals surface area contributed by atoms with Gasteiger partial charge in [-0.1, -0.05) is 12.1 Å². The minimum atomic E-state index is -0.957. The van der Waals surface area contributed by atoms with Crippen molar-refractivity contribution >= 4 is 34.6 Å². The van der Waals surface area contributed by atoms with Gasteiger partial charge in [-0.05, 0) is 53.6 Å². The van der Waals surface area contributed by atoms with Gasteiger partial charge >= 0.3 is 11.7 Å². The van der Waals surface area contributed by atoms with Gasteiger partial charge in [0.05, 0.1) is 22.7 Å². The maximum Gasteiger partial charge on any atom is 0.335 e. The van der Waals surface area contributed by atoms with E-state index in [9.17, 15) is 24.4 Å². The molecule has 2 N–H and O–H groups in total. The van der Waals surface area contributed by atoms with Crippen molar-refractivity contribution in [2.75, 3.05) is 12.4 Å². The molecule has 188 valence electrons. The van der Waals surface area contributed by atoms with Crippen molar-refractivity contribution in [3.05, 3.63) is 88.0 Å². The Morgan fingerprint density at radius 3 is 2.61 bits per heavy atom. The Hall–Kier alpha value is -5.24. The second-order valence-electron chi connectivity index (χ2n) is 9.44. The maximum atomic E-state index is 13.4. The number of aromatic nitrogens is 3. The summed E-state index contributed by atoms with van der Waals surface area (Å²) in [5.74, 6) is -0.362. The molecule has 0 saturated carbocycles. The highest BCUT2D eigenvalue weighted by Crippen LogP contribution is 2.38. The van der Waals surface area contributed by atoms with Crippen LogP contribution in [0.3, 0.4) is 0 Å². The molecule has 6 rings (SSSR count). The number of imidazole rings is 1. The number of nitrogens with zero attached hydrogens (tertiary/aromatic N) is 5. The average molecular weight is 508 g/mol. The lowest BCUT2D eigenvalue weighted by atomic mass is 9.95. The molecule has 3 heterocycles. The van der Waals surface area contributed by atoms with Gasteiger partial charge in [-0.25, -0.2) is 19.1 Å². The van der Waals surface area contributed by atoms with Gasteiger partial charge in [0.15, 0.2) is 0 Å². The zero-order valence-electron chi connectivity index (χ0n) is 20.3. The molecule has 4 amide bonds. The summed E-state index contributed by atoms with van der Waals surface area (Å²) in [7, 11) is 1.60. The molecule has 2 aliphatic rings. The van der Waals surface area contributed by atoms with Crippen LogP contribution in [0.15, 0.2) is 65.6 Å². The molecule has 0 bridgehead atoms. The monoisotopic (exact) mass is 507 g/mol. The number of carbonyl (C=O) groups excluding carboxylic acids is 3. The molecule has 1 saturated heterocycles. The van der Waals surface area contributed by atoms with E-state index < -0.39 is 23.2 Å². The number of likely N-dealkylation sites (N-methyl/N-ethyl adjacent to an activating group) is 1. The summed E-state index contributed by atoms with van der Waals surface area (Å²) in [6.45, 7) is -0.287. The second kappa shape index (κ2) is 8.41. The van der Waals surface area contributed by atoms with E-state index in [2.05, 4.69) is 21.7 Å². The van der Waals surface area contributed by atoms with E-state index in [1.165, 1.54) is 14.0 Å². The molecule has 1 unspecified atom stereocenters. The number of nitriles is 1. The van der Waals surface area contributed by atoms with Crippen LogP contribution in [0, 0.1) is 11.3 Å². The summed E-state index contributed by atoms with van der Waals surface area (Å²) in [6, 6.07) is 17.0. The Kier molecular flexibility index (Phi) is 5.13. The van der Waals surface area contributed by atoms with Crippen LogP contribution in [0.1, 0.15) is 16.7 Å². The van der Waals surface area contributed by atoms with Crippen LogP contribution >= 0.6 is 0 Å². The van der Waals surface area contributed by atoms with Gasteiger partial charge in [0.25, 0.3) is 5.91 Å². The van der Waals surface area contributed by atoms with Crippen LogP contribution < -0.4 is 16.3 Å². The number of rotatable bonds is 4. The zero-order valence-corrected chi connectivity index (χ0v) is 20.3. The zero-order chi connectivity index (χ0) is 26.6. The number of urea groups is 1. The predicted molar refractivity (Wildman–Crippen MR) is 137 cm³/mol. The first-order chi connectivity index (χ1) is 18.3. The Morgan fingerprint density at radius 2 is 1.89 bits per heavy atom. The molecule has 1 aliphatic carbocycles. The van der Waals surface area contributed by atoms with E-state index in [-0.39, 0.29) is 12.5 Å². The molecule has 38 heavy (non-hydrogen) atoms. The number of hydrogen-bond acceptors (Lipinski definition) is 6. The van der Waals surface area contributed by atoms with Crippen LogP contribution in [0.5, 0.6) is 0 Å². The molecule has 11 nitrogen and oxygen atoms in total. The molecular formula is C27H21N7O4. The van der Waals surface area contributed by atoms with E-state index in [0.717, 1.165) is 11.1 Å². The summed E-state index contributed by atoms with van der Waals surface area (Å²) in [5, 5.41) is 14.6. The van der Waals surface area contributed by atoms with Crippen LogP contribution in [-0.4, -0.2) is 49.5 Å². The van der Waals surface area contributed by atoms with Crippen molar-refractivity contribution in [3.8, 4) is 11.9 Å². The molecule has 1 atom stereocenters. The number of anilines is 1. The third-order valence-electron chi connectivity index (χ3n) is 7.28. The first-order valence-corrected chi connectivity index (χ1v) is 11.9. The highest BCUT2D eigenvalue weighted by Gasteiger charge is 2.54. The van der Waals surface area contributed by atoms with Crippen LogP contribution in [0.2, 0.25) is 0 Å². The topological polar surface area (TPSA) is 142 Å². The van der Waals surface area contributed by atoms with Gasteiger partial charge < -0.3 is 10.2 Å². The minimum absolute atomic E-state index is 0.287. The van der Waals surface area contributed by atoms with Gasteiger partial charge in [-0.2, -0.15) is 5.26 Å². The Bertz CT molecular complexity index is 1770. The number of amides is 4. The van der Waals surface area contributed by atoms with E-state index in [1.807, 2.05) is 6.07 Å². The lowest BCUT2D eigenvalue weighted by molar-refractivity contribution is -0.125. The fourth-order valence-corrected chi connectivity index (χ4v) is 5.30. The van der Waals surface area contributed by atoms with Crippen LogP contribution in [0.25, 0.3) is 16.9 Å². The third-order valence-corrected chi connectivity index (χ3v) is 7.28. The highest BCUT2D eigenvalue weighted by atomic mass is 16.2. The fraction of sp³-hybridized carbons (Fsp3) is 0.185. The largest absolute Gasteiger partial charge is 0.335 e. The van der Waals surface area contributed by atoms with Crippen molar-refractivity contribution in [3.63, 3.8) is 0 Å². The van der Waals surface area contributed by atoms with E-state index >= 15 is 0 Å². The summed E-state index contributed by atoms with van der Waals surface area (Å²) >= 11 is 0. The number of nitrogens with one attached hydrogen (secondary N) is 2. The molecular weight excluding hydrogens is 486 g/mol. The molecule has 4 aromatic rings. The Morgan fingerprint density at radius 1 is 1.08 bits per heavy atom. The van der Waals surface area contributed by atoms with Crippen molar-refractivity contribution in [1.82, 2.24) is 24.3 Å². The van der Waals surface area contributed by atoms with Gasteiger partial charge in [0, 0.05) is 31.8 Å². The number of pyridine rings is 1. The molecule has 2 aromatic carbocycles. The van der Waals surface area contributed by atoms with Gasteiger partial charge in [-0.15, -0.1) is 0 Å². The summed E-state index contributed by atoms with van der Waals surface area (Å²) in [4.78, 5) is 56.8. The van der Waals surface area contributed by atoms with Gasteiger partial charge in [0.2, 0.25) is 5.91 Å². The third kappa shape index (κ3) is 3.46. The summed E-state index contributed by atoms with van der Waals surface area (Å²) in [5.41, 5.74) is 2.21. The molecule has 0 radical (unpaired) electrons. The van der Waals surface area contributed by atoms with E-state index in [0.29, 0.717) is 40.9 Å². The van der Waals surface area contributed by atoms with E-state index in [1.54, 1.807) is 61.8 Å². The molecule has 1 fully saturated rings. The number of carbonyl (C=O) groups is 3. The molecule has 2 aromatic heterocycles. The molecule has 1 aliphatic heterocycles. The van der Waals surface area contributed by atoms with E-state index in [4.69, 9.17) is 0 Å². The fourth-order valence-electron chi connectivity index (χ4n) is 5.30. The minimum Gasteiger partial charge on any atom is -0.325 e. The van der Waals surface area contributed by atoms with Crippen LogP contribution in [0.4, 0.5) is 10.5 Å². The second-order valence-corrected chi connectivity index (χ2v) is 9.44. The van der Waals surface area contributed by atoms with Crippen molar-refractivity contribution in [2.45, 2.75) is 24.9 Å². The van der Waals surface area contributed by atoms with Gasteiger partial charge in [0.1, 0.15) is 17.9 Å². The Labute approximate surface area is 215 Å². The maximum absolute atomic E-state index is 13.4. The lowest BCUT2D eigenvalue weighted by Gasteiger charge is -2.27. The number of imide groups is 1. The van der Waals surface area contributed by atoms with Crippen LogP contribution in [-0.2, 0) is 29.0 Å². The number of hydrogen-bond donors (Lipinski definition) is 2. The standard InChI is InChI=1S/C27H21N7O4/c1-32-25(37)31-24(36)27(32)12-17-6-7-19(11-18(17)13-27)30-23(35)15-33-21-10-16(14-28)5-8-20(21)34(26(33)38)22-4-2-3-9-29-22/h2-11H,12-13,15H2,1H3,(H,30,35)(H,31,36,37). The van der Waals surface area contributed by atoms with Crippen molar-refractivity contribution in [2.24, 2.45) is 0 Å². The predicted octanol–water partition coefficient (Wildman–Crippen LogP) is 1.72. The normalized spacial score (nSPS) is 18.1. The van der Waals surface area contributed by atoms with Crippen molar-refractivity contribution in [1.29, 1.82) is 5.26 Å². The number of fused-ring (bicyclic) bond motifs is 2. The molecule has 11 heteroatoms. The molecule has 1 spiro atoms. The smallest absolute Gasteiger partial charge is 0.325 e. The SMILES string of the molecule is CN1C(=O)NC(=O)C12Cc1ccc(NC(=O)Cn3c(=O)n(-c4ccccn4)c4ccc(C#N)cc43)cc1C2. The highest BCUT2D eigenvalue weighted by molar-refractivity contribution is 6.07. The van der Waals surface area contributed by atoms with Gasteiger partial charge in [-0.3, -0.25) is 19.5 Å².